The minimum absolute atomic E-state index is 0.175. The standard InChI is InChI=1S/C70H131NO8/c1-6-8-10-12-14-16-18-20-21-22-23-24-25-26-27-28-29-30-31-32-33-34-35-36-37-38-39-40-41-42-43-44-45-46-47-49-51-53-55-57-59-61-68(73)79-66(65-78-70(69(74)75)76-63-62-71(3,4)5)64-77-67(72)60-58-56-54-52-50-48-19-17-15-13-11-9-7-2/h18,20,22-23,25-26,66,70H,6-17,19,21,24,27-65H2,1-5H3/p+1/b20-18-,23-22-,26-25-. The predicted molar refractivity (Wildman–Crippen MR) is 337 cm³/mol. The zero-order valence-corrected chi connectivity index (χ0v) is 53.1. The van der Waals surface area contributed by atoms with E-state index in [2.05, 4.69) is 50.3 Å². The van der Waals surface area contributed by atoms with Crippen molar-refractivity contribution in [3.8, 4) is 0 Å². The lowest BCUT2D eigenvalue weighted by Crippen LogP contribution is -2.40. The van der Waals surface area contributed by atoms with Crippen LogP contribution in [-0.4, -0.2) is 87.4 Å². The molecule has 0 saturated carbocycles. The maximum Gasteiger partial charge on any atom is 0.361 e. The first-order valence-corrected chi connectivity index (χ1v) is 34.2. The van der Waals surface area contributed by atoms with E-state index in [9.17, 15) is 19.5 Å². The van der Waals surface area contributed by atoms with Crippen molar-refractivity contribution >= 4 is 17.9 Å². The number of hydrogen-bond acceptors (Lipinski definition) is 7. The van der Waals surface area contributed by atoms with E-state index in [0.717, 1.165) is 51.4 Å². The van der Waals surface area contributed by atoms with Crippen molar-refractivity contribution < 1.29 is 42.9 Å². The van der Waals surface area contributed by atoms with Crippen LogP contribution in [0.4, 0.5) is 0 Å². The molecule has 1 N–H and O–H groups in total. The van der Waals surface area contributed by atoms with Crippen molar-refractivity contribution in [1.82, 2.24) is 0 Å². The number of ether oxygens (including phenoxy) is 4. The van der Waals surface area contributed by atoms with Gasteiger partial charge in [-0.15, -0.1) is 0 Å². The van der Waals surface area contributed by atoms with Gasteiger partial charge in [0.2, 0.25) is 0 Å². The van der Waals surface area contributed by atoms with Crippen LogP contribution < -0.4 is 0 Å². The molecule has 0 amide bonds. The van der Waals surface area contributed by atoms with Gasteiger partial charge in [0.25, 0.3) is 6.29 Å². The Morgan fingerprint density at radius 2 is 0.684 bits per heavy atom. The molecule has 0 heterocycles. The average molecular weight is 1120 g/mol. The number of carbonyl (C=O) groups is 3. The molecule has 2 unspecified atom stereocenters. The molecule has 0 radical (unpaired) electrons. The highest BCUT2D eigenvalue weighted by Crippen LogP contribution is 2.18. The summed E-state index contributed by atoms with van der Waals surface area (Å²) >= 11 is 0. The zero-order valence-electron chi connectivity index (χ0n) is 53.1. The van der Waals surface area contributed by atoms with E-state index >= 15 is 0 Å². The van der Waals surface area contributed by atoms with Crippen LogP contribution in [0.3, 0.4) is 0 Å². The summed E-state index contributed by atoms with van der Waals surface area (Å²) < 4.78 is 22.9. The van der Waals surface area contributed by atoms with Gasteiger partial charge in [-0.25, -0.2) is 4.79 Å². The molecule has 0 aromatic carbocycles. The molecule has 0 fully saturated rings. The normalized spacial score (nSPS) is 12.9. The van der Waals surface area contributed by atoms with Crippen LogP contribution in [0, 0.1) is 0 Å². The predicted octanol–water partition coefficient (Wildman–Crippen LogP) is 20.8. The van der Waals surface area contributed by atoms with Crippen molar-refractivity contribution in [3.05, 3.63) is 36.5 Å². The van der Waals surface area contributed by atoms with E-state index < -0.39 is 18.4 Å². The highest BCUT2D eigenvalue weighted by molar-refractivity contribution is 5.71. The largest absolute Gasteiger partial charge is 0.477 e. The third kappa shape index (κ3) is 63.0. The van der Waals surface area contributed by atoms with Gasteiger partial charge in [0, 0.05) is 12.8 Å². The van der Waals surface area contributed by atoms with Crippen molar-refractivity contribution in [3.63, 3.8) is 0 Å². The maximum absolute atomic E-state index is 12.9. The number of esters is 2. The van der Waals surface area contributed by atoms with Gasteiger partial charge in [0.05, 0.1) is 34.4 Å². The van der Waals surface area contributed by atoms with Gasteiger partial charge >= 0.3 is 17.9 Å². The summed E-state index contributed by atoms with van der Waals surface area (Å²) in [5.74, 6) is -1.98. The summed E-state index contributed by atoms with van der Waals surface area (Å²) in [5, 5.41) is 9.71. The molecule has 0 bridgehead atoms. The van der Waals surface area contributed by atoms with Crippen molar-refractivity contribution in [1.29, 1.82) is 0 Å². The molecule has 0 aromatic rings. The van der Waals surface area contributed by atoms with Gasteiger partial charge in [-0.2, -0.15) is 0 Å². The number of rotatable bonds is 64. The molecule has 0 saturated heterocycles. The molecular weight excluding hydrogens is 983 g/mol. The van der Waals surface area contributed by atoms with E-state index in [1.807, 2.05) is 21.1 Å². The number of carboxylic acids is 1. The summed E-state index contributed by atoms with van der Waals surface area (Å²) in [6, 6.07) is 0. The summed E-state index contributed by atoms with van der Waals surface area (Å²) in [7, 11) is 5.98. The van der Waals surface area contributed by atoms with Gasteiger partial charge in [-0.1, -0.05) is 307 Å². The van der Waals surface area contributed by atoms with Gasteiger partial charge in [0.15, 0.2) is 6.10 Å². The minimum Gasteiger partial charge on any atom is -0.477 e. The molecule has 0 aliphatic heterocycles. The van der Waals surface area contributed by atoms with Gasteiger partial charge in [-0.3, -0.25) is 9.59 Å². The molecule has 464 valence electrons. The van der Waals surface area contributed by atoms with E-state index in [1.165, 1.54) is 257 Å². The van der Waals surface area contributed by atoms with Crippen LogP contribution in [0.25, 0.3) is 0 Å². The molecule has 2 atom stereocenters. The fraction of sp³-hybridized carbons (Fsp3) is 0.871. The Morgan fingerprint density at radius 1 is 0.380 bits per heavy atom. The van der Waals surface area contributed by atoms with Crippen LogP contribution >= 0.6 is 0 Å². The second kappa shape index (κ2) is 61.6. The number of hydrogen-bond donors (Lipinski definition) is 1. The summed E-state index contributed by atoms with van der Waals surface area (Å²) in [4.78, 5) is 37.4. The molecular formula is C70H132NO8+. The molecule has 0 spiro atoms. The third-order valence-electron chi connectivity index (χ3n) is 15.4. The number of carboxylic acid groups (broad SMARTS) is 1. The van der Waals surface area contributed by atoms with E-state index in [1.54, 1.807) is 0 Å². The number of unbranched alkanes of at least 4 members (excludes halogenated alkanes) is 43. The number of likely N-dealkylation sites (N-methyl/N-ethyl adjacent to an activating group) is 1. The summed E-state index contributed by atoms with van der Waals surface area (Å²) in [5.41, 5.74) is 0. The van der Waals surface area contributed by atoms with Crippen molar-refractivity contribution in [2.75, 3.05) is 47.5 Å². The van der Waals surface area contributed by atoms with Crippen molar-refractivity contribution in [2.24, 2.45) is 0 Å². The van der Waals surface area contributed by atoms with E-state index in [-0.39, 0.29) is 38.2 Å². The van der Waals surface area contributed by atoms with Gasteiger partial charge < -0.3 is 28.5 Å². The first kappa shape index (κ1) is 76.5. The Morgan fingerprint density at radius 3 is 1.01 bits per heavy atom. The van der Waals surface area contributed by atoms with Gasteiger partial charge in [-0.05, 0) is 51.4 Å². The highest BCUT2D eigenvalue weighted by Gasteiger charge is 2.25. The van der Waals surface area contributed by atoms with Crippen molar-refractivity contribution in [2.45, 2.75) is 347 Å². The average Bonchev–Trinajstić information content (AvgIpc) is 3.42. The molecule has 0 aliphatic carbocycles. The van der Waals surface area contributed by atoms with E-state index in [0.29, 0.717) is 17.4 Å². The van der Waals surface area contributed by atoms with Crippen LogP contribution in [0.2, 0.25) is 0 Å². The summed E-state index contributed by atoms with van der Waals surface area (Å²) in [6.45, 7) is 4.91. The molecule has 9 heteroatoms. The Hall–Kier alpha value is -2.49. The number of carbonyl (C=O) groups excluding carboxylic acids is 2. The number of quaternary nitrogens is 1. The van der Waals surface area contributed by atoms with Gasteiger partial charge in [0.1, 0.15) is 13.2 Å². The second-order valence-electron chi connectivity index (χ2n) is 24.5. The lowest BCUT2D eigenvalue weighted by molar-refractivity contribution is -0.870. The monoisotopic (exact) mass is 1110 g/mol. The molecule has 0 rings (SSSR count). The molecule has 79 heavy (non-hydrogen) atoms. The SMILES string of the molecule is CCCCCCC/C=C\C/C=C\C/C=C\CCCCCCCCCCCCCCCCCCCCCCCCCCCCC(=O)OC(COC(=O)CCCCCCCCCCCCCCC)COC(OCC[N+](C)(C)C)C(=O)O. The Labute approximate surface area is 490 Å². The lowest BCUT2D eigenvalue weighted by Gasteiger charge is -2.25. The third-order valence-corrected chi connectivity index (χ3v) is 15.4. The van der Waals surface area contributed by atoms with Crippen LogP contribution in [0.15, 0.2) is 36.5 Å². The smallest absolute Gasteiger partial charge is 0.361 e. The molecule has 0 aliphatic rings. The minimum atomic E-state index is -1.51. The van der Waals surface area contributed by atoms with Crippen LogP contribution in [0.1, 0.15) is 335 Å². The fourth-order valence-corrected chi connectivity index (χ4v) is 10.1. The topological polar surface area (TPSA) is 108 Å². The molecule has 0 aromatic heterocycles. The highest BCUT2D eigenvalue weighted by atomic mass is 16.7. The maximum atomic E-state index is 12.9. The van der Waals surface area contributed by atoms with E-state index in [4.69, 9.17) is 18.9 Å². The molecule has 9 nitrogen and oxygen atoms in total. The number of nitrogens with zero attached hydrogens (tertiary/aromatic N) is 1. The Kier molecular flexibility index (Phi) is 59.6. The summed E-state index contributed by atoms with van der Waals surface area (Å²) in [6.07, 6.45) is 74.2. The van der Waals surface area contributed by atoms with Crippen LogP contribution in [-0.2, 0) is 33.3 Å². The second-order valence-corrected chi connectivity index (χ2v) is 24.5. The Balaban J connectivity index is 3.88. The quantitative estimate of drug-likeness (QED) is 0.0211. The lowest BCUT2D eigenvalue weighted by atomic mass is 10.0. The fourth-order valence-electron chi connectivity index (χ4n) is 10.1. The van der Waals surface area contributed by atoms with Crippen LogP contribution in [0.5, 0.6) is 0 Å². The number of allylic oxidation sites excluding steroid dienone is 6. The first-order chi connectivity index (χ1) is 38.6. The zero-order chi connectivity index (χ0) is 57.6. The number of aliphatic carboxylic acids is 1. The Bertz CT molecular complexity index is 1390. The first-order valence-electron chi connectivity index (χ1n) is 34.2.